The second-order valence-electron chi connectivity index (χ2n) is 8.58. The average molecular weight is 535 g/mol. The Morgan fingerprint density at radius 2 is 1.72 bits per heavy atom. The summed E-state index contributed by atoms with van der Waals surface area (Å²) in [6.07, 6.45) is 6.40. The molecule has 39 heavy (non-hydrogen) atoms. The number of amides is 1. The molecule has 1 heterocycles. The predicted octanol–water partition coefficient (Wildman–Crippen LogP) is 4.66. The van der Waals surface area contributed by atoms with E-state index in [2.05, 4.69) is 6.92 Å². The Labute approximate surface area is 229 Å². The summed E-state index contributed by atoms with van der Waals surface area (Å²) in [6.45, 7) is 6.85. The number of unbranched alkanes of at least 4 members (excludes halogenated alkanes) is 1. The van der Waals surface area contributed by atoms with Crippen molar-refractivity contribution in [2.75, 3.05) is 46.6 Å². The van der Waals surface area contributed by atoms with Gasteiger partial charge in [0, 0.05) is 19.2 Å². The highest BCUT2D eigenvalue weighted by molar-refractivity contribution is 6.01. The highest BCUT2D eigenvalue weighted by atomic mass is 16.6. The summed E-state index contributed by atoms with van der Waals surface area (Å²) in [6, 6.07) is 12.2. The number of nitrogens with zero attached hydrogens (tertiary/aromatic N) is 2. The second-order valence-corrected chi connectivity index (χ2v) is 8.58. The first-order valence-corrected chi connectivity index (χ1v) is 12.9. The van der Waals surface area contributed by atoms with E-state index in [1.165, 1.54) is 19.3 Å². The molecule has 2 aromatic carbocycles. The van der Waals surface area contributed by atoms with E-state index >= 15 is 0 Å². The lowest BCUT2D eigenvalue weighted by atomic mass is 10.1. The lowest BCUT2D eigenvalue weighted by Gasteiger charge is -2.26. The summed E-state index contributed by atoms with van der Waals surface area (Å²) in [7, 11) is 1.44. The maximum absolute atomic E-state index is 12.7. The van der Waals surface area contributed by atoms with Crippen LogP contribution in [-0.4, -0.2) is 63.4 Å². The molecule has 1 saturated heterocycles. The van der Waals surface area contributed by atoms with Crippen LogP contribution in [0.5, 0.6) is 23.0 Å². The van der Waals surface area contributed by atoms with Gasteiger partial charge in [-0.2, -0.15) is 5.26 Å². The number of benzene rings is 2. The minimum absolute atomic E-state index is 0.000153. The minimum Gasteiger partial charge on any atom is -0.493 e. The van der Waals surface area contributed by atoms with Gasteiger partial charge in [0.2, 0.25) is 0 Å². The van der Waals surface area contributed by atoms with E-state index in [0.29, 0.717) is 56.6 Å². The van der Waals surface area contributed by atoms with Crippen molar-refractivity contribution in [1.82, 2.24) is 4.90 Å². The third kappa shape index (κ3) is 8.62. The topological polar surface area (TPSA) is 107 Å². The van der Waals surface area contributed by atoms with E-state index in [9.17, 15) is 14.9 Å². The molecular formula is C30H34N2O7. The Bertz CT molecular complexity index is 1240. The third-order valence-corrected chi connectivity index (χ3v) is 5.79. The minimum atomic E-state index is -0.599. The number of methoxy groups -OCH3 is 1. The first kappa shape index (κ1) is 29.3. The number of ether oxygens (including phenoxy) is 5. The third-order valence-electron chi connectivity index (χ3n) is 5.79. The van der Waals surface area contributed by atoms with Gasteiger partial charge in [-0.15, -0.1) is 0 Å². The number of hydrogen-bond acceptors (Lipinski definition) is 8. The molecule has 2 aromatic rings. The molecule has 0 spiro atoms. The van der Waals surface area contributed by atoms with E-state index in [1.807, 2.05) is 25.1 Å². The van der Waals surface area contributed by atoms with Crippen LogP contribution in [0.3, 0.4) is 0 Å². The summed E-state index contributed by atoms with van der Waals surface area (Å²) in [5.74, 6) is 0.811. The molecule has 0 saturated carbocycles. The van der Waals surface area contributed by atoms with Crippen molar-refractivity contribution in [2.24, 2.45) is 0 Å². The number of nitriles is 1. The van der Waals surface area contributed by atoms with E-state index < -0.39 is 5.97 Å². The van der Waals surface area contributed by atoms with Gasteiger partial charge in [0.15, 0.2) is 23.0 Å². The zero-order valence-electron chi connectivity index (χ0n) is 22.6. The molecule has 0 radical (unpaired) electrons. The summed E-state index contributed by atoms with van der Waals surface area (Å²) in [5, 5.41) is 9.53. The lowest BCUT2D eigenvalue weighted by molar-refractivity contribution is -0.130. The normalized spacial score (nSPS) is 13.6. The van der Waals surface area contributed by atoms with Crippen molar-refractivity contribution in [3.05, 3.63) is 59.2 Å². The van der Waals surface area contributed by atoms with Crippen molar-refractivity contribution in [2.45, 2.75) is 26.7 Å². The smallest absolute Gasteiger partial charge is 0.336 e. The standard InChI is InChI=1S/C30H34N2O7/c1-4-6-15-38-25-10-7-22(19-28(25)37-5-2)9-12-29(33)39-26-11-8-23(20-27(26)35-3)18-24(21-31)30(34)32-13-16-36-17-14-32/h7-12,18-20H,4-6,13-17H2,1-3H3/b12-9+,24-18+. The van der Waals surface area contributed by atoms with Gasteiger partial charge < -0.3 is 28.6 Å². The van der Waals surface area contributed by atoms with Crippen LogP contribution in [0.1, 0.15) is 37.8 Å². The number of carbonyl (C=O) groups excluding carboxylic acids is 2. The van der Waals surface area contributed by atoms with Crippen LogP contribution in [0.2, 0.25) is 0 Å². The van der Waals surface area contributed by atoms with E-state index in [1.54, 1.807) is 35.2 Å². The molecule has 0 bridgehead atoms. The largest absolute Gasteiger partial charge is 0.493 e. The van der Waals surface area contributed by atoms with Gasteiger partial charge in [-0.05, 0) is 60.9 Å². The highest BCUT2D eigenvalue weighted by Gasteiger charge is 2.21. The molecule has 0 aromatic heterocycles. The summed E-state index contributed by atoms with van der Waals surface area (Å²) in [4.78, 5) is 26.8. The van der Waals surface area contributed by atoms with E-state index in [0.717, 1.165) is 18.4 Å². The fourth-order valence-electron chi connectivity index (χ4n) is 3.75. The van der Waals surface area contributed by atoms with Gasteiger partial charge in [0.05, 0.1) is 33.5 Å². The van der Waals surface area contributed by atoms with Gasteiger partial charge >= 0.3 is 5.97 Å². The lowest BCUT2D eigenvalue weighted by Crippen LogP contribution is -2.41. The van der Waals surface area contributed by atoms with Crippen LogP contribution in [0.15, 0.2) is 48.0 Å². The van der Waals surface area contributed by atoms with E-state index in [-0.39, 0.29) is 23.0 Å². The van der Waals surface area contributed by atoms with Crippen LogP contribution < -0.4 is 18.9 Å². The van der Waals surface area contributed by atoms with E-state index in [4.69, 9.17) is 23.7 Å². The van der Waals surface area contributed by atoms with Crippen molar-refractivity contribution < 1.29 is 33.3 Å². The van der Waals surface area contributed by atoms with Gasteiger partial charge in [-0.25, -0.2) is 4.79 Å². The van der Waals surface area contributed by atoms with Gasteiger partial charge in [0.1, 0.15) is 11.6 Å². The number of morpholine rings is 1. The molecule has 206 valence electrons. The second kappa shape index (κ2) is 15.2. The summed E-state index contributed by atoms with van der Waals surface area (Å²) in [5.41, 5.74) is 1.31. The Hall–Kier alpha value is -4.29. The van der Waals surface area contributed by atoms with Crippen LogP contribution in [-0.2, 0) is 14.3 Å². The quantitative estimate of drug-likeness (QED) is 0.127. The maximum Gasteiger partial charge on any atom is 0.336 e. The van der Waals surface area contributed by atoms with Crippen molar-refractivity contribution >= 4 is 24.0 Å². The number of carbonyl (C=O) groups is 2. The average Bonchev–Trinajstić information content (AvgIpc) is 2.96. The summed E-state index contributed by atoms with van der Waals surface area (Å²) < 4.78 is 27.6. The Balaban J connectivity index is 1.69. The zero-order valence-corrected chi connectivity index (χ0v) is 22.6. The molecule has 3 rings (SSSR count). The first-order chi connectivity index (χ1) is 19.0. The van der Waals surface area contributed by atoms with Gasteiger partial charge in [-0.3, -0.25) is 4.79 Å². The SMILES string of the molecule is CCCCOc1ccc(/C=C/C(=O)Oc2ccc(/C=C(\C#N)C(=O)N3CCOCC3)cc2OC)cc1OCC. The monoisotopic (exact) mass is 534 g/mol. The summed E-state index contributed by atoms with van der Waals surface area (Å²) >= 11 is 0. The molecule has 1 aliphatic heterocycles. The number of esters is 1. The molecule has 1 aliphatic rings. The molecule has 1 amide bonds. The van der Waals surface area contributed by atoms with Crippen molar-refractivity contribution in [3.63, 3.8) is 0 Å². The maximum atomic E-state index is 12.7. The molecule has 1 fully saturated rings. The number of rotatable bonds is 12. The highest BCUT2D eigenvalue weighted by Crippen LogP contribution is 2.31. The molecular weight excluding hydrogens is 500 g/mol. The van der Waals surface area contributed by atoms with Crippen molar-refractivity contribution in [1.29, 1.82) is 5.26 Å². The van der Waals surface area contributed by atoms with Crippen LogP contribution in [0, 0.1) is 11.3 Å². The molecule has 9 nitrogen and oxygen atoms in total. The fourth-order valence-corrected chi connectivity index (χ4v) is 3.75. The Morgan fingerprint density at radius 1 is 1.00 bits per heavy atom. The fraction of sp³-hybridized carbons (Fsp3) is 0.367. The molecule has 0 atom stereocenters. The molecule has 0 N–H and O–H groups in total. The first-order valence-electron chi connectivity index (χ1n) is 12.9. The molecule has 0 aliphatic carbocycles. The van der Waals surface area contributed by atoms with Crippen LogP contribution in [0.25, 0.3) is 12.2 Å². The van der Waals surface area contributed by atoms with Gasteiger partial charge in [-0.1, -0.05) is 25.5 Å². The number of hydrogen-bond donors (Lipinski definition) is 0. The van der Waals surface area contributed by atoms with Crippen molar-refractivity contribution in [3.8, 4) is 29.1 Å². The Kier molecular flexibility index (Phi) is 11.4. The molecule has 9 heteroatoms. The Morgan fingerprint density at radius 3 is 2.41 bits per heavy atom. The van der Waals surface area contributed by atoms with Crippen LogP contribution >= 0.6 is 0 Å². The van der Waals surface area contributed by atoms with Gasteiger partial charge in [0.25, 0.3) is 5.91 Å². The molecule has 0 unspecified atom stereocenters. The predicted molar refractivity (Wildman–Crippen MR) is 147 cm³/mol. The zero-order chi connectivity index (χ0) is 28.0. The van der Waals surface area contributed by atoms with Crippen LogP contribution in [0.4, 0.5) is 0 Å².